The van der Waals surface area contributed by atoms with E-state index >= 15 is 0 Å². The standard InChI is InChI=1S/C18H24N4S/c1-21(2)15-9-14-19-18(23)20-22(16-10-5-3-6-11-16)17-12-7-4-8-13-17/h3-8,10-13H,9,14-15H2,1-2H3,(H2,19,20,23)/p+1. The van der Waals surface area contributed by atoms with Gasteiger partial charge in [-0.05, 0) is 36.5 Å². The van der Waals surface area contributed by atoms with E-state index in [4.69, 9.17) is 12.2 Å². The molecule has 0 aromatic heterocycles. The van der Waals surface area contributed by atoms with Crippen LogP contribution in [0.5, 0.6) is 0 Å². The van der Waals surface area contributed by atoms with Crippen LogP contribution in [0.2, 0.25) is 0 Å². The first-order valence-electron chi connectivity index (χ1n) is 7.90. The minimum atomic E-state index is 0.631. The minimum absolute atomic E-state index is 0.631. The Morgan fingerprint density at radius 2 is 1.48 bits per heavy atom. The summed E-state index contributed by atoms with van der Waals surface area (Å²) >= 11 is 5.44. The Labute approximate surface area is 144 Å². The zero-order valence-corrected chi connectivity index (χ0v) is 14.6. The molecule has 0 saturated heterocycles. The lowest BCUT2D eigenvalue weighted by molar-refractivity contribution is -0.858. The third-order valence-corrected chi connectivity index (χ3v) is 3.62. The van der Waals surface area contributed by atoms with Crippen LogP contribution in [0.4, 0.5) is 11.4 Å². The van der Waals surface area contributed by atoms with Crippen LogP contribution in [0.1, 0.15) is 6.42 Å². The van der Waals surface area contributed by atoms with E-state index in [1.807, 2.05) is 41.4 Å². The van der Waals surface area contributed by atoms with Crippen LogP contribution in [-0.4, -0.2) is 32.3 Å². The van der Waals surface area contributed by atoms with E-state index in [1.54, 1.807) is 0 Å². The lowest BCUT2D eigenvalue weighted by atomic mass is 10.2. The third-order valence-electron chi connectivity index (χ3n) is 3.38. The van der Waals surface area contributed by atoms with Crippen molar-refractivity contribution in [2.24, 2.45) is 0 Å². The Kier molecular flexibility index (Phi) is 6.84. The number of nitrogens with zero attached hydrogens (tertiary/aromatic N) is 1. The molecule has 2 aromatic carbocycles. The predicted octanol–water partition coefficient (Wildman–Crippen LogP) is 1.74. The molecule has 0 amide bonds. The number of quaternary nitrogens is 1. The van der Waals surface area contributed by atoms with Crippen LogP contribution >= 0.6 is 12.2 Å². The van der Waals surface area contributed by atoms with E-state index in [-0.39, 0.29) is 0 Å². The zero-order chi connectivity index (χ0) is 16.5. The van der Waals surface area contributed by atoms with Gasteiger partial charge >= 0.3 is 0 Å². The molecule has 0 heterocycles. The van der Waals surface area contributed by atoms with Crippen molar-refractivity contribution in [3.05, 3.63) is 60.7 Å². The molecular weight excluding hydrogens is 304 g/mol. The van der Waals surface area contributed by atoms with E-state index in [0.29, 0.717) is 5.11 Å². The Bertz CT molecular complexity index is 547. The van der Waals surface area contributed by atoms with Crippen molar-refractivity contribution in [2.75, 3.05) is 32.2 Å². The predicted molar refractivity (Wildman–Crippen MR) is 101 cm³/mol. The summed E-state index contributed by atoms with van der Waals surface area (Å²) in [4.78, 5) is 1.45. The fourth-order valence-corrected chi connectivity index (χ4v) is 2.41. The Morgan fingerprint density at radius 3 is 1.96 bits per heavy atom. The summed E-state index contributed by atoms with van der Waals surface area (Å²) in [5, 5.41) is 5.90. The van der Waals surface area contributed by atoms with E-state index in [1.165, 1.54) is 4.90 Å². The molecule has 0 aliphatic carbocycles. The van der Waals surface area contributed by atoms with Crippen LogP contribution in [-0.2, 0) is 0 Å². The van der Waals surface area contributed by atoms with Crippen molar-refractivity contribution in [1.82, 2.24) is 10.7 Å². The van der Waals surface area contributed by atoms with E-state index < -0.39 is 0 Å². The average molecular weight is 329 g/mol. The van der Waals surface area contributed by atoms with E-state index in [0.717, 1.165) is 30.9 Å². The van der Waals surface area contributed by atoms with Gasteiger partial charge in [0.2, 0.25) is 0 Å². The summed E-state index contributed by atoms with van der Waals surface area (Å²) < 4.78 is 0. The number of nitrogens with one attached hydrogen (secondary N) is 3. The molecule has 0 spiro atoms. The molecular formula is C18H25N4S+. The number of hydrogen-bond donors (Lipinski definition) is 3. The molecule has 0 fully saturated rings. The molecule has 4 nitrogen and oxygen atoms in total. The summed E-state index contributed by atoms with van der Waals surface area (Å²) in [5.74, 6) is 0. The highest BCUT2D eigenvalue weighted by atomic mass is 32.1. The van der Waals surface area contributed by atoms with Gasteiger partial charge in [0.15, 0.2) is 5.11 Å². The summed E-state index contributed by atoms with van der Waals surface area (Å²) in [6.45, 7) is 1.99. The SMILES string of the molecule is C[NH+](C)CCCNC(=S)NN(c1ccccc1)c1ccccc1. The highest BCUT2D eigenvalue weighted by molar-refractivity contribution is 7.80. The second-order valence-corrected chi connectivity index (χ2v) is 6.09. The monoisotopic (exact) mass is 329 g/mol. The number of hydrogen-bond acceptors (Lipinski definition) is 2. The van der Waals surface area contributed by atoms with Gasteiger partial charge in [-0.25, -0.2) is 0 Å². The number of para-hydroxylation sites is 2. The summed E-state index contributed by atoms with van der Waals surface area (Å²) in [6, 6.07) is 20.3. The molecule has 122 valence electrons. The van der Waals surface area contributed by atoms with E-state index in [2.05, 4.69) is 49.1 Å². The summed E-state index contributed by atoms with van der Waals surface area (Å²) in [7, 11) is 4.31. The Balaban J connectivity index is 2.00. The van der Waals surface area contributed by atoms with Crippen molar-refractivity contribution in [1.29, 1.82) is 0 Å². The van der Waals surface area contributed by atoms with Crippen LogP contribution in [0.15, 0.2) is 60.7 Å². The molecule has 23 heavy (non-hydrogen) atoms. The maximum atomic E-state index is 5.44. The van der Waals surface area contributed by atoms with Gasteiger partial charge in [-0.1, -0.05) is 36.4 Å². The number of hydrazine groups is 1. The number of rotatable bonds is 7. The molecule has 0 atom stereocenters. The molecule has 0 bridgehead atoms. The molecule has 2 rings (SSSR count). The highest BCUT2D eigenvalue weighted by Crippen LogP contribution is 2.22. The largest absolute Gasteiger partial charge is 0.361 e. The van der Waals surface area contributed by atoms with Gasteiger partial charge in [0.05, 0.1) is 32.0 Å². The molecule has 0 aliphatic heterocycles. The van der Waals surface area contributed by atoms with Crippen LogP contribution in [0.3, 0.4) is 0 Å². The average Bonchev–Trinajstić information content (AvgIpc) is 2.58. The van der Waals surface area contributed by atoms with Gasteiger partial charge in [0.25, 0.3) is 0 Å². The Hall–Kier alpha value is -2.11. The van der Waals surface area contributed by atoms with Gasteiger partial charge in [-0.15, -0.1) is 0 Å². The van der Waals surface area contributed by atoms with Gasteiger partial charge in [-0.2, -0.15) is 0 Å². The van der Waals surface area contributed by atoms with Crippen molar-refractivity contribution in [2.45, 2.75) is 6.42 Å². The Morgan fingerprint density at radius 1 is 0.957 bits per heavy atom. The first-order valence-corrected chi connectivity index (χ1v) is 8.31. The van der Waals surface area contributed by atoms with Crippen LogP contribution in [0, 0.1) is 0 Å². The smallest absolute Gasteiger partial charge is 0.185 e. The quantitative estimate of drug-likeness (QED) is 0.410. The first-order chi connectivity index (χ1) is 11.2. The van der Waals surface area contributed by atoms with E-state index in [9.17, 15) is 0 Å². The van der Waals surface area contributed by atoms with Gasteiger partial charge in [0.1, 0.15) is 0 Å². The van der Waals surface area contributed by atoms with Crippen LogP contribution in [0.25, 0.3) is 0 Å². The maximum Gasteiger partial charge on any atom is 0.185 e. The van der Waals surface area contributed by atoms with Gasteiger partial charge in [0, 0.05) is 13.0 Å². The number of thiocarbonyl (C=S) groups is 1. The fourth-order valence-electron chi connectivity index (χ4n) is 2.22. The highest BCUT2D eigenvalue weighted by Gasteiger charge is 2.10. The lowest BCUT2D eigenvalue weighted by Gasteiger charge is -2.27. The fraction of sp³-hybridized carbons (Fsp3) is 0.278. The molecule has 0 saturated carbocycles. The molecule has 0 aliphatic rings. The normalized spacial score (nSPS) is 10.4. The number of benzene rings is 2. The van der Waals surface area contributed by atoms with Gasteiger partial charge in [-0.3, -0.25) is 10.4 Å². The van der Waals surface area contributed by atoms with Crippen molar-refractivity contribution in [3.63, 3.8) is 0 Å². The van der Waals surface area contributed by atoms with Crippen molar-refractivity contribution in [3.8, 4) is 0 Å². The van der Waals surface area contributed by atoms with Crippen molar-refractivity contribution >= 4 is 28.7 Å². The summed E-state index contributed by atoms with van der Waals surface area (Å²) in [6.07, 6.45) is 1.08. The zero-order valence-electron chi connectivity index (χ0n) is 13.8. The van der Waals surface area contributed by atoms with Crippen LogP contribution < -0.4 is 20.7 Å². The third kappa shape index (κ3) is 5.88. The lowest BCUT2D eigenvalue weighted by Crippen LogP contribution is -3.05. The second-order valence-electron chi connectivity index (χ2n) is 5.68. The summed E-state index contributed by atoms with van der Waals surface area (Å²) in [5.41, 5.74) is 5.37. The molecule has 3 N–H and O–H groups in total. The topological polar surface area (TPSA) is 31.7 Å². The first kappa shape index (κ1) is 17.2. The minimum Gasteiger partial charge on any atom is -0.361 e. The molecule has 5 heteroatoms. The van der Waals surface area contributed by atoms with Gasteiger partial charge < -0.3 is 10.2 Å². The molecule has 0 radical (unpaired) electrons. The number of anilines is 2. The molecule has 0 unspecified atom stereocenters. The molecule has 2 aromatic rings. The maximum absolute atomic E-state index is 5.44. The second kappa shape index (κ2) is 9.12. The van der Waals surface area contributed by atoms with Crippen molar-refractivity contribution < 1.29 is 4.90 Å².